The van der Waals surface area contributed by atoms with Crippen molar-refractivity contribution in [1.82, 2.24) is 9.97 Å². The van der Waals surface area contributed by atoms with E-state index in [1.165, 1.54) is 20.7 Å². The molecule has 0 atom stereocenters. The fourth-order valence-corrected chi connectivity index (χ4v) is 8.54. The second kappa shape index (κ2) is 7.92. The van der Waals surface area contributed by atoms with Crippen molar-refractivity contribution in [2.45, 2.75) is 44.0 Å². The molecule has 0 radical (unpaired) electrons. The summed E-state index contributed by atoms with van der Waals surface area (Å²) in [4.78, 5) is 10.3. The van der Waals surface area contributed by atoms with Gasteiger partial charge in [0.25, 0.3) is 0 Å². The van der Waals surface area contributed by atoms with E-state index in [0.29, 0.717) is 0 Å². The molecule has 0 bridgehead atoms. The van der Waals surface area contributed by atoms with E-state index in [1.54, 1.807) is 0 Å². The fourth-order valence-electron chi connectivity index (χ4n) is 5.16. The molecule has 4 heteroatoms. The van der Waals surface area contributed by atoms with E-state index in [4.69, 9.17) is 14.4 Å². The second-order valence-electron chi connectivity index (χ2n) is 11.0. The molecule has 35 heavy (non-hydrogen) atoms. The summed E-state index contributed by atoms with van der Waals surface area (Å²) in [5.74, 6) is 8.46. The van der Waals surface area contributed by atoms with E-state index in [9.17, 15) is 0 Å². The normalized spacial score (nSPS) is 12.5. The van der Waals surface area contributed by atoms with Crippen LogP contribution in [0.2, 0.25) is 17.3 Å². The molecule has 2 heterocycles. The molecule has 0 fully saturated rings. The topological polar surface area (TPSA) is 38.9 Å². The minimum absolute atomic E-state index is 0.217. The van der Waals surface area contributed by atoms with Crippen molar-refractivity contribution >= 4 is 61.3 Å². The van der Waals surface area contributed by atoms with E-state index >= 15 is 0 Å². The van der Waals surface area contributed by atoms with Crippen molar-refractivity contribution in [3.63, 3.8) is 0 Å². The van der Waals surface area contributed by atoms with Crippen molar-refractivity contribution < 1.29 is 4.42 Å². The van der Waals surface area contributed by atoms with Gasteiger partial charge in [-0.25, -0.2) is 0 Å². The summed E-state index contributed by atoms with van der Waals surface area (Å²) in [6.45, 7) is 6.44. The molecule has 2 aromatic heterocycles. The predicted molar refractivity (Wildman–Crippen MR) is 152 cm³/mol. The van der Waals surface area contributed by atoms with Gasteiger partial charge in [-0.05, 0) is 0 Å². The van der Waals surface area contributed by atoms with E-state index in [2.05, 4.69) is 105 Å². The number of fused-ring (bicyclic) bond motifs is 6. The third kappa shape index (κ3) is 3.56. The van der Waals surface area contributed by atoms with Crippen LogP contribution in [0.25, 0.3) is 54.9 Å². The molecule has 6 aromatic rings. The number of aryl methyl sites for hydroxylation is 1. The average molecular weight is 519 g/mol. The van der Waals surface area contributed by atoms with Crippen LogP contribution in [0, 0.1) is 6.92 Å². The van der Waals surface area contributed by atoms with E-state index in [1.807, 2.05) is 0 Å². The Labute approximate surface area is 208 Å². The van der Waals surface area contributed by atoms with Crippen LogP contribution in [0.15, 0.2) is 71.1 Å². The summed E-state index contributed by atoms with van der Waals surface area (Å²) in [7, 11) is 0. The summed E-state index contributed by atoms with van der Waals surface area (Å²) < 4.78 is 7.97. The van der Waals surface area contributed by atoms with Gasteiger partial charge in [-0.1, -0.05) is 0 Å². The van der Waals surface area contributed by atoms with Gasteiger partial charge in [-0.2, -0.15) is 0 Å². The van der Waals surface area contributed by atoms with Gasteiger partial charge in [0.15, 0.2) is 0 Å². The Bertz CT molecular complexity index is 1770. The van der Waals surface area contributed by atoms with Gasteiger partial charge in [0.2, 0.25) is 0 Å². The van der Waals surface area contributed by atoms with Crippen LogP contribution in [0.4, 0.5) is 0 Å². The van der Waals surface area contributed by atoms with Crippen LogP contribution in [-0.4, -0.2) is 23.2 Å². The minimum atomic E-state index is -2.17. The zero-order valence-electron chi connectivity index (χ0n) is 21.2. The van der Waals surface area contributed by atoms with Crippen molar-refractivity contribution in [3.05, 3.63) is 78.1 Å². The molecule has 0 aliphatic carbocycles. The van der Waals surface area contributed by atoms with Crippen LogP contribution in [0.1, 0.15) is 31.2 Å². The Morgan fingerprint density at radius 2 is 1.57 bits per heavy atom. The molecule has 4 aromatic carbocycles. The summed E-state index contributed by atoms with van der Waals surface area (Å²) in [6.07, 6.45) is 0. The number of furan rings is 1. The number of aromatic nitrogens is 2. The number of rotatable bonds is 3. The first-order valence-corrected chi connectivity index (χ1v) is 19.7. The standard InChI is InChI=1S/C31H30GeN2O/c1-18(2)31-33-28(24-11-8-10-22-21-15-13-19(3)17-26(21)35-30(22)24)23-16-14-20-9-7-12-25(32(4,5)6)27(20)29(23)34-31/h7-18H,1-6H3. The first-order chi connectivity index (χ1) is 16.7. The van der Waals surface area contributed by atoms with Gasteiger partial charge in [0, 0.05) is 0 Å². The number of hydrogen-bond donors (Lipinski definition) is 0. The van der Waals surface area contributed by atoms with Gasteiger partial charge < -0.3 is 0 Å². The maximum absolute atomic E-state index is 6.48. The number of hydrogen-bond acceptors (Lipinski definition) is 3. The van der Waals surface area contributed by atoms with Crippen LogP contribution in [0.3, 0.4) is 0 Å². The molecular weight excluding hydrogens is 489 g/mol. The van der Waals surface area contributed by atoms with Crippen LogP contribution >= 0.6 is 0 Å². The Hall–Kier alpha value is -3.18. The van der Waals surface area contributed by atoms with Gasteiger partial charge in [0.05, 0.1) is 0 Å². The fraction of sp³-hybridized carbons (Fsp3) is 0.226. The van der Waals surface area contributed by atoms with Gasteiger partial charge >= 0.3 is 209 Å². The maximum atomic E-state index is 6.48. The zero-order valence-corrected chi connectivity index (χ0v) is 23.3. The Balaban J connectivity index is 1.77. The van der Waals surface area contributed by atoms with Crippen molar-refractivity contribution in [3.8, 4) is 11.3 Å². The monoisotopic (exact) mass is 520 g/mol. The summed E-state index contributed by atoms with van der Waals surface area (Å²) in [5.41, 5.74) is 6.06. The number of nitrogens with zero attached hydrogens (tertiary/aromatic N) is 2. The quantitative estimate of drug-likeness (QED) is 0.174. The summed E-state index contributed by atoms with van der Waals surface area (Å²) in [5, 5.41) is 5.91. The van der Waals surface area contributed by atoms with Gasteiger partial charge in [0.1, 0.15) is 0 Å². The van der Waals surface area contributed by atoms with Crippen LogP contribution in [0.5, 0.6) is 0 Å². The summed E-state index contributed by atoms with van der Waals surface area (Å²) in [6, 6.07) is 24.0. The zero-order chi connectivity index (χ0) is 24.5. The van der Waals surface area contributed by atoms with Crippen molar-refractivity contribution in [2.24, 2.45) is 0 Å². The second-order valence-corrected chi connectivity index (χ2v) is 21.6. The molecule has 0 unspecified atom stereocenters. The van der Waals surface area contributed by atoms with Gasteiger partial charge in [-0.15, -0.1) is 0 Å². The molecule has 0 aliphatic rings. The Morgan fingerprint density at radius 3 is 2.34 bits per heavy atom. The SMILES string of the molecule is Cc1ccc2c(c1)oc1c(-c3nc(C(C)C)nc4c3ccc3ccc[c]([Ge]([CH3])([CH3])[CH3])c34)cccc12. The Morgan fingerprint density at radius 1 is 0.800 bits per heavy atom. The first kappa shape index (κ1) is 22.3. The van der Waals surface area contributed by atoms with E-state index in [-0.39, 0.29) is 5.92 Å². The molecule has 0 amide bonds. The summed E-state index contributed by atoms with van der Waals surface area (Å²) >= 11 is -2.17. The molecule has 0 saturated carbocycles. The third-order valence-electron chi connectivity index (χ3n) is 6.96. The average Bonchev–Trinajstić information content (AvgIpc) is 3.19. The van der Waals surface area contributed by atoms with Crippen LogP contribution in [-0.2, 0) is 0 Å². The third-order valence-corrected chi connectivity index (χ3v) is 11.2. The molecule has 0 saturated heterocycles. The van der Waals surface area contributed by atoms with Crippen molar-refractivity contribution in [2.75, 3.05) is 0 Å². The Kier molecular flexibility index (Phi) is 5.05. The number of para-hydroxylation sites is 1. The number of benzene rings is 4. The first-order valence-electron chi connectivity index (χ1n) is 12.4. The molecular formula is C31H30GeN2O. The molecule has 6 rings (SSSR count). The molecule has 3 nitrogen and oxygen atoms in total. The predicted octanol–water partition coefficient (Wildman–Crippen LogP) is 8.33. The van der Waals surface area contributed by atoms with E-state index < -0.39 is 13.3 Å². The molecule has 0 aliphatic heterocycles. The molecule has 0 spiro atoms. The van der Waals surface area contributed by atoms with Crippen LogP contribution < -0.4 is 4.40 Å². The molecule has 174 valence electrons. The molecule has 0 N–H and O–H groups in total. The van der Waals surface area contributed by atoms with Crippen molar-refractivity contribution in [1.29, 1.82) is 0 Å². The van der Waals surface area contributed by atoms with E-state index in [0.717, 1.165) is 49.9 Å². The van der Waals surface area contributed by atoms with Gasteiger partial charge in [-0.3, -0.25) is 0 Å².